The summed E-state index contributed by atoms with van der Waals surface area (Å²) in [6.07, 6.45) is 0.419. The van der Waals surface area contributed by atoms with Crippen molar-refractivity contribution in [2.24, 2.45) is 0 Å². The molecule has 0 amide bonds. The van der Waals surface area contributed by atoms with Crippen molar-refractivity contribution in [3.05, 3.63) is 78.0 Å². The molecule has 0 aliphatic carbocycles. The van der Waals surface area contributed by atoms with Crippen LogP contribution in [0.25, 0.3) is 17.2 Å². The molecule has 0 spiro atoms. The normalized spacial score (nSPS) is 11.0. The number of Topliss-reactive ketones (excluding diaryl/α,β-unsaturated/α-hetero) is 1. The third-order valence-corrected chi connectivity index (χ3v) is 5.67. The van der Waals surface area contributed by atoms with E-state index >= 15 is 0 Å². The lowest BCUT2D eigenvalue weighted by atomic mass is 10.1. The van der Waals surface area contributed by atoms with Crippen LogP contribution in [0.1, 0.15) is 18.2 Å². The number of benzene rings is 2. The van der Waals surface area contributed by atoms with E-state index in [1.807, 2.05) is 82.9 Å². The molecule has 2 aromatic carbocycles. The summed E-state index contributed by atoms with van der Waals surface area (Å²) in [5.74, 6) is 1.22. The zero-order valence-electron chi connectivity index (χ0n) is 17.0. The summed E-state index contributed by atoms with van der Waals surface area (Å²) in [4.78, 5) is 12.5. The van der Waals surface area contributed by atoms with Gasteiger partial charge in [-0.3, -0.25) is 14.0 Å². The maximum atomic E-state index is 12.5. The summed E-state index contributed by atoms with van der Waals surface area (Å²) in [5.41, 5.74) is 3.82. The van der Waals surface area contributed by atoms with Crippen molar-refractivity contribution in [1.29, 1.82) is 0 Å². The van der Waals surface area contributed by atoms with Crippen LogP contribution in [0.15, 0.2) is 71.9 Å². The first-order valence-electron chi connectivity index (χ1n) is 9.89. The number of aryl methyl sites for hydroxylation is 2. The predicted molar refractivity (Wildman–Crippen MR) is 119 cm³/mol. The highest BCUT2D eigenvalue weighted by Crippen LogP contribution is 2.28. The minimum atomic E-state index is 0.157. The third kappa shape index (κ3) is 4.36. The van der Waals surface area contributed by atoms with Gasteiger partial charge in [-0.15, -0.1) is 10.2 Å². The van der Waals surface area contributed by atoms with Crippen LogP contribution in [0, 0.1) is 6.92 Å². The molecule has 0 radical (unpaired) electrons. The number of nitrogens with zero attached hydrogens (tertiary/aromatic N) is 5. The number of carbonyl (C=O) groups is 1. The number of ketones is 1. The van der Waals surface area contributed by atoms with Crippen molar-refractivity contribution < 1.29 is 4.79 Å². The predicted octanol–water partition coefficient (Wildman–Crippen LogP) is 4.36. The number of aromatic nitrogens is 5. The second-order valence-corrected chi connectivity index (χ2v) is 7.90. The van der Waals surface area contributed by atoms with E-state index in [0.717, 1.165) is 35.0 Å². The fraction of sp³-hybridized carbons (Fsp3) is 0.217. The van der Waals surface area contributed by atoms with Crippen molar-refractivity contribution in [3.8, 4) is 17.2 Å². The van der Waals surface area contributed by atoms with Crippen LogP contribution < -0.4 is 0 Å². The Morgan fingerprint density at radius 3 is 2.40 bits per heavy atom. The SMILES string of the molecule is CCn1nc(C)cc1-c1nnc(SCC(=O)Cc2ccccc2)n1-c1ccccc1. The van der Waals surface area contributed by atoms with E-state index < -0.39 is 0 Å². The molecule has 30 heavy (non-hydrogen) atoms. The van der Waals surface area contributed by atoms with Gasteiger partial charge >= 0.3 is 0 Å². The minimum absolute atomic E-state index is 0.157. The molecule has 0 aliphatic rings. The van der Waals surface area contributed by atoms with Gasteiger partial charge in [-0.05, 0) is 37.6 Å². The number of para-hydroxylation sites is 1. The summed E-state index contributed by atoms with van der Waals surface area (Å²) in [5, 5.41) is 14.1. The van der Waals surface area contributed by atoms with Gasteiger partial charge in [0.1, 0.15) is 11.5 Å². The van der Waals surface area contributed by atoms with Crippen LogP contribution in [0.2, 0.25) is 0 Å². The van der Waals surface area contributed by atoms with Gasteiger partial charge in [0.2, 0.25) is 0 Å². The number of rotatable bonds is 8. The fourth-order valence-electron chi connectivity index (χ4n) is 3.33. The Labute approximate surface area is 180 Å². The van der Waals surface area contributed by atoms with Gasteiger partial charge in [0.25, 0.3) is 0 Å². The van der Waals surface area contributed by atoms with Crippen LogP contribution in [0.3, 0.4) is 0 Å². The van der Waals surface area contributed by atoms with Crippen LogP contribution in [0.4, 0.5) is 0 Å². The highest BCUT2D eigenvalue weighted by molar-refractivity contribution is 7.99. The number of thioether (sulfide) groups is 1. The molecule has 7 heteroatoms. The minimum Gasteiger partial charge on any atom is -0.298 e. The largest absolute Gasteiger partial charge is 0.298 e. The molecule has 0 saturated carbocycles. The van der Waals surface area contributed by atoms with Gasteiger partial charge in [0.15, 0.2) is 11.0 Å². The quantitative estimate of drug-likeness (QED) is 0.399. The highest BCUT2D eigenvalue weighted by Gasteiger charge is 2.20. The molecule has 0 aliphatic heterocycles. The van der Waals surface area contributed by atoms with E-state index in [-0.39, 0.29) is 5.78 Å². The van der Waals surface area contributed by atoms with Gasteiger partial charge < -0.3 is 0 Å². The Balaban J connectivity index is 1.63. The maximum absolute atomic E-state index is 12.5. The van der Waals surface area contributed by atoms with Crippen molar-refractivity contribution in [2.45, 2.75) is 32.0 Å². The van der Waals surface area contributed by atoms with Crippen LogP contribution in [-0.4, -0.2) is 36.1 Å². The molecular weight excluding hydrogens is 394 g/mol. The van der Waals surface area contributed by atoms with E-state index in [1.54, 1.807) is 0 Å². The average molecular weight is 418 g/mol. The molecule has 4 aromatic rings. The van der Waals surface area contributed by atoms with Gasteiger partial charge in [-0.1, -0.05) is 60.3 Å². The monoisotopic (exact) mass is 417 g/mol. The smallest absolute Gasteiger partial charge is 0.196 e. The van der Waals surface area contributed by atoms with Crippen molar-refractivity contribution in [3.63, 3.8) is 0 Å². The highest BCUT2D eigenvalue weighted by atomic mass is 32.2. The first-order valence-corrected chi connectivity index (χ1v) is 10.9. The van der Waals surface area contributed by atoms with Gasteiger partial charge in [-0.2, -0.15) is 5.10 Å². The lowest BCUT2D eigenvalue weighted by Crippen LogP contribution is -2.08. The summed E-state index contributed by atoms with van der Waals surface area (Å²) in [7, 11) is 0. The Hall–Kier alpha value is -3.19. The zero-order valence-corrected chi connectivity index (χ0v) is 17.8. The maximum Gasteiger partial charge on any atom is 0.196 e. The average Bonchev–Trinajstić information content (AvgIpc) is 3.36. The Morgan fingerprint density at radius 1 is 1.00 bits per heavy atom. The molecule has 2 heterocycles. The van der Waals surface area contributed by atoms with Crippen LogP contribution >= 0.6 is 11.8 Å². The number of carbonyl (C=O) groups excluding carboxylic acids is 1. The Kier molecular flexibility index (Phi) is 6.09. The molecule has 0 saturated heterocycles. The third-order valence-electron chi connectivity index (χ3n) is 4.68. The molecule has 152 valence electrons. The van der Waals surface area contributed by atoms with E-state index in [0.29, 0.717) is 17.3 Å². The standard InChI is InChI=1S/C23H23N5OS/c1-3-27-21(14-17(2)26-27)22-24-25-23(28(22)19-12-8-5-9-13-19)30-16-20(29)15-18-10-6-4-7-11-18/h4-14H,3,15-16H2,1-2H3. The second kappa shape index (κ2) is 9.09. The van der Waals surface area contributed by atoms with Crippen LogP contribution in [0.5, 0.6) is 0 Å². The Morgan fingerprint density at radius 2 is 1.70 bits per heavy atom. The molecule has 2 aromatic heterocycles. The first kappa shape index (κ1) is 20.1. The second-order valence-electron chi connectivity index (χ2n) is 6.95. The molecular formula is C23H23N5OS. The summed E-state index contributed by atoms with van der Waals surface area (Å²) >= 11 is 1.42. The summed E-state index contributed by atoms with van der Waals surface area (Å²) in [6, 6.07) is 21.8. The number of hydrogen-bond donors (Lipinski definition) is 0. The fourth-order valence-corrected chi connectivity index (χ4v) is 4.14. The zero-order chi connectivity index (χ0) is 20.9. The molecule has 6 nitrogen and oxygen atoms in total. The molecule has 0 N–H and O–H groups in total. The number of hydrogen-bond acceptors (Lipinski definition) is 5. The Bertz CT molecular complexity index is 1140. The molecule has 0 unspecified atom stereocenters. The summed E-state index contributed by atoms with van der Waals surface area (Å²) in [6.45, 7) is 4.76. The topological polar surface area (TPSA) is 65.6 Å². The van der Waals surface area contributed by atoms with Crippen LogP contribution in [-0.2, 0) is 17.8 Å². The lowest BCUT2D eigenvalue weighted by molar-refractivity contribution is -0.116. The van der Waals surface area contributed by atoms with Crippen molar-refractivity contribution in [1.82, 2.24) is 24.5 Å². The molecule has 0 bridgehead atoms. The van der Waals surface area contributed by atoms with Crippen molar-refractivity contribution >= 4 is 17.5 Å². The molecule has 0 fully saturated rings. The molecule has 4 rings (SSSR count). The van der Waals surface area contributed by atoms with Gasteiger partial charge in [-0.25, -0.2) is 0 Å². The van der Waals surface area contributed by atoms with Gasteiger partial charge in [0, 0.05) is 18.7 Å². The van der Waals surface area contributed by atoms with E-state index in [9.17, 15) is 4.79 Å². The van der Waals surface area contributed by atoms with E-state index in [1.165, 1.54) is 11.8 Å². The molecule has 0 atom stereocenters. The van der Waals surface area contributed by atoms with E-state index in [2.05, 4.69) is 22.2 Å². The first-order chi connectivity index (χ1) is 14.7. The summed E-state index contributed by atoms with van der Waals surface area (Å²) < 4.78 is 3.93. The lowest BCUT2D eigenvalue weighted by Gasteiger charge is -2.11. The van der Waals surface area contributed by atoms with E-state index in [4.69, 9.17) is 0 Å². The van der Waals surface area contributed by atoms with Crippen molar-refractivity contribution in [2.75, 3.05) is 5.75 Å². The van der Waals surface area contributed by atoms with Gasteiger partial charge in [0.05, 0.1) is 11.4 Å².